The summed E-state index contributed by atoms with van der Waals surface area (Å²) in [6.45, 7) is 0. The monoisotopic (exact) mass is 590 g/mol. The van der Waals surface area contributed by atoms with Crippen molar-refractivity contribution in [2.24, 2.45) is 0 Å². The highest BCUT2D eigenvalue weighted by atomic mass is 16.4. The summed E-state index contributed by atoms with van der Waals surface area (Å²) in [6.07, 6.45) is 11.1. The molecule has 0 saturated heterocycles. The van der Waals surface area contributed by atoms with Crippen molar-refractivity contribution in [3.8, 4) is 17.1 Å². The molecule has 0 radical (unpaired) electrons. The van der Waals surface area contributed by atoms with Crippen LogP contribution in [0.3, 0.4) is 0 Å². The molecule has 0 spiro atoms. The smallest absolute Gasteiger partial charge is 0.335 e. The van der Waals surface area contributed by atoms with E-state index in [9.17, 15) is 19.8 Å². The number of nitrogens with zero attached hydrogens (tertiary/aromatic N) is 3. The van der Waals surface area contributed by atoms with Crippen molar-refractivity contribution in [1.29, 1.82) is 0 Å². The lowest BCUT2D eigenvalue weighted by atomic mass is 10.0. The average Bonchev–Trinajstić information content (AvgIpc) is 3.41. The average molecular weight is 591 g/mol. The van der Waals surface area contributed by atoms with Gasteiger partial charge in [-0.05, 0) is 78.0 Å². The van der Waals surface area contributed by atoms with Crippen molar-refractivity contribution < 1.29 is 19.8 Å². The molecule has 3 N–H and O–H groups in total. The van der Waals surface area contributed by atoms with Crippen molar-refractivity contribution in [3.63, 3.8) is 0 Å². The Morgan fingerprint density at radius 2 is 1.51 bits per heavy atom. The first kappa shape index (κ1) is 27.5. The maximum absolute atomic E-state index is 12.0. The van der Waals surface area contributed by atoms with Gasteiger partial charge in [0.05, 0.1) is 45.3 Å². The number of aromatic nitrogens is 3. The Bertz CT molecular complexity index is 2210. The minimum absolute atomic E-state index is 0.0291. The molecule has 4 heterocycles. The van der Waals surface area contributed by atoms with Crippen LogP contribution in [-0.2, 0) is 0 Å². The highest BCUT2D eigenvalue weighted by Crippen LogP contribution is 2.33. The topological polar surface area (TPSA) is 117 Å². The van der Waals surface area contributed by atoms with Gasteiger partial charge in [0.15, 0.2) is 0 Å². The number of carbonyl (C=O) groups is 2. The Labute approximate surface area is 257 Å². The van der Waals surface area contributed by atoms with Crippen LogP contribution in [-0.4, -0.2) is 36.7 Å². The predicted molar refractivity (Wildman–Crippen MR) is 174 cm³/mol. The van der Waals surface area contributed by atoms with Gasteiger partial charge in [-0.1, -0.05) is 60.7 Å². The number of dihydropyridines is 1. The number of carboxylic acids is 2. The zero-order valence-electron chi connectivity index (χ0n) is 23.8. The molecule has 8 heteroatoms. The van der Waals surface area contributed by atoms with E-state index in [0.717, 1.165) is 27.9 Å². The standard InChI is InChI=1S/C37H26N4O4/c42-36(43)25-15-17-39-31(20-25)33-22-26(37(44)45)21-32(40-33)30-18-24(14-16-38-30)11-10-23-12-13-29-28-8-4-5-9-34(28)41(35(29)19-23)27-6-2-1-3-7-27/h1-22,30,38H,(H,42,43)(H,44,45)/b11-10+. The Kier molecular flexibility index (Phi) is 6.99. The zero-order chi connectivity index (χ0) is 30.9. The van der Waals surface area contributed by atoms with Crippen LogP contribution in [0, 0.1) is 0 Å². The molecule has 7 rings (SSSR count). The lowest BCUT2D eigenvalue weighted by Crippen LogP contribution is -2.18. The molecule has 218 valence electrons. The highest BCUT2D eigenvalue weighted by molar-refractivity contribution is 6.09. The number of rotatable bonds is 7. The maximum atomic E-state index is 12.0. The van der Waals surface area contributed by atoms with Gasteiger partial charge >= 0.3 is 11.9 Å². The summed E-state index contributed by atoms with van der Waals surface area (Å²) < 4.78 is 2.28. The number of nitrogens with one attached hydrogen (secondary N) is 1. The van der Waals surface area contributed by atoms with Crippen molar-refractivity contribution >= 4 is 39.8 Å². The van der Waals surface area contributed by atoms with Gasteiger partial charge in [0, 0.05) is 22.7 Å². The van der Waals surface area contributed by atoms with E-state index < -0.39 is 18.0 Å². The van der Waals surface area contributed by atoms with E-state index in [4.69, 9.17) is 0 Å². The molecule has 6 aromatic rings. The summed E-state index contributed by atoms with van der Waals surface area (Å²) in [7, 11) is 0. The van der Waals surface area contributed by atoms with Crippen LogP contribution in [0.1, 0.15) is 38.0 Å². The molecule has 1 atom stereocenters. The van der Waals surface area contributed by atoms with Crippen LogP contribution in [0.4, 0.5) is 0 Å². The summed E-state index contributed by atoms with van der Waals surface area (Å²) in [5, 5.41) is 24.8. The highest BCUT2D eigenvalue weighted by Gasteiger charge is 2.18. The SMILES string of the molecule is O=C(O)c1ccnc(-c2cc(C(=O)O)cc(C3C=C(/C=C/c4ccc5c6ccccc6n(-c6ccccc6)c5c4)C=CN3)n2)c1. The van der Waals surface area contributed by atoms with Crippen LogP contribution in [0.25, 0.3) is 45.0 Å². The van der Waals surface area contributed by atoms with Gasteiger partial charge in [-0.3, -0.25) is 4.98 Å². The molecule has 45 heavy (non-hydrogen) atoms. The molecule has 8 nitrogen and oxygen atoms in total. The van der Waals surface area contributed by atoms with Crippen LogP contribution in [0.5, 0.6) is 0 Å². The molecule has 1 unspecified atom stereocenters. The van der Waals surface area contributed by atoms with Gasteiger partial charge in [-0.25, -0.2) is 14.6 Å². The first-order valence-corrected chi connectivity index (χ1v) is 14.3. The summed E-state index contributed by atoms with van der Waals surface area (Å²) >= 11 is 0. The Morgan fingerprint density at radius 3 is 2.33 bits per heavy atom. The molecule has 0 fully saturated rings. The minimum Gasteiger partial charge on any atom is -0.478 e. The summed E-state index contributed by atoms with van der Waals surface area (Å²) in [4.78, 5) is 32.4. The summed E-state index contributed by atoms with van der Waals surface area (Å²) in [5.74, 6) is -2.22. The van der Waals surface area contributed by atoms with Gasteiger partial charge < -0.3 is 20.1 Å². The second-order valence-electron chi connectivity index (χ2n) is 10.6. The predicted octanol–water partition coefficient (Wildman–Crippen LogP) is 7.43. The fraction of sp³-hybridized carbons (Fsp3) is 0.0270. The molecule has 3 aromatic carbocycles. The third-order valence-corrected chi connectivity index (χ3v) is 7.77. The number of allylic oxidation sites excluding steroid dienone is 3. The number of aromatic carboxylic acids is 2. The fourth-order valence-electron chi connectivity index (χ4n) is 5.63. The molecule has 1 aliphatic heterocycles. The van der Waals surface area contributed by atoms with Crippen molar-refractivity contribution in [3.05, 3.63) is 156 Å². The van der Waals surface area contributed by atoms with Gasteiger partial charge in [-0.15, -0.1) is 0 Å². The largest absolute Gasteiger partial charge is 0.478 e. The normalized spacial score (nSPS) is 14.5. The second-order valence-corrected chi connectivity index (χ2v) is 10.6. The molecular formula is C37H26N4O4. The van der Waals surface area contributed by atoms with Crippen LogP contribution < -0.4 is 5.32 Å². The molecular weight excluding hydrogens is 564 g/mol. The first-order chi connectivity index (χ1) is 21.9. The Morgan fingerprint density at radius 1 is 0.756 bits per heavy atom. The van der Waals surface area contributed by atoms with E-state index in [0.29, 0.717) is 5.69 Å². The van der Waals surface area contributed by atoms with E-state index in [2.05, 4.69) is 80.5 Å². The van der Waals surface area contributed by atoms with E-state index in [-0.39, 0.29) is 22.5 Å². The second kappa shape index (κ2) is 11.4. The van der Waals surface area contributed by atoms with Crippen LogP contribution in [0.15, 0.2) is 133 Å². The van der Waals surface area contributed by atoms with Gasteiger partial charge in [0.2, 0.25) is 0 Å². The lowest BCUT2D eigenvalue weighted by Gasteiger charge is -2.19. The van der Waals surface area contributed by atoms with E-state index >= 15 is 0 Å². The van der Waals surface area contributed by atoms with E-state index in [1.807, 2.05) is 36.4 Å². The minimum atomic E-state index is -1.12. The number of hydrogen-bond acceptors (Lipinski definition) is 5. The summed E-state index contributed by atoms with van der Waals surface area (Å²) in [5.41, 5.74) is 6.39. The fourth-order valence-corrected chi connectivity index (χ4v) is 5.63. The molecule has 0 bridgehead atoms. The van der Waals surface area contributed by atoms with Gasteiger partial charge in [0.25, 0.3) is 0 Å². The summed E-state index contributed by atoms with van der Waals surface area (Å²) in [6, 6.07) is 30.4. The Hall–Kier alpha value is -6.28. The molecule has 3 aromatic heterocycles. The molecule has 0 amide bonds. The van der Waals surface area contributed by atoms with Gasteiger partial charge in [-0.2, -0.15) is 0 Å². The number of fused-ring (bicyclic) bond motifs is 3. The number of carboxylic acid groups (broad SMARTS) is 2. The third-order valence-electron chi connectivity index (χ3n) is 7.77. The van der Waals surface area contributed by atoms with Crippen molar-refractivity contribution in [2.45, 2.75) is 6.04 Å². The van der Waals surface area contributed by atoms with Crippen LogP contribution in [0.2, 0.25) is 0 Å². The number of hydrogen-bond donors (Lipinski definition) is 3. The lowest BCUT2D eigenvalue weighted by molar-refractivity contribution is 0.0685. The zero-order valence-corrected chi connectivity index (χ0v) is 23.8. The quantitative estimate of drug-likeness (QED) is 0.177. The van der Waals surface area contributed by atoms with Crippen LogP contribution >= 0.6 is 0 Å². The van der Waals surface area contributed by atoms with Crippen molar-refractivity contribution in [2.75, 3.05) is 0 Å². The first-order valence-electron chi connectivity index (χ1n) is 14.3. The number of benzene rings is 3. The maximum Gasteiger partial charge on any atom is 0.335 e. The molecule has 0 saturated carbocycles. The van der Waals surface area contributed by atoms with E-state index in [1.165, 1.54) is 41.2 Å². The van der Waals surface area contributed by atoms with E-state index in [1.54, 1.807) is 6.20 Å². The van der Waals surface area contributed by atoms with Gasteiger partial charge in [0.1, 0.15) is 0 Å². The number of para-hydroxylation sites is 2. The molecule has 1 aliphatic rings. The third kappa shape index (κ3) is 5.36. The van der Waals surface area contributed by atoms with Crippen molar-refractivity contribution in [1.82, 2.24) is 19.9 Å². The number of pyridine rings is 2. The Balaban J connectivity index is 1.23. The molecule has 0 aliphatic carbocycles.